The highest BCUT2D eigenvalue weighted by Crippen LogP contribution is 2.46. The molecular weight excluding hydrogens is 306 g/mol. The first-order chi connectivity index (χ1) is 11.5. The third-order valence-electron chi connectivity index (χ3n) is 4.64. The number of carbonyl (C=O) groups excluding carboxylic acids is 1. The molecule has 2 aromatic rings. The Bertz CT molecular complexity index is 801. The molecule has 24 heavy (non-hydrogen) atoms. The van der Waals surface area contributed by atoms with Crippen LogP contribution in [0.4, 0.5) is 5.69 Å². The second-order valence-electron chi connectivity index (χ2n) is 6.65. The lowest BCUT2D eigenvalue weighted by atomic mass is 9.85. The van der Waals surface area contributed by atoms with Crippen LogP contribution in [0.25, 0.3) is 0 Å². The SMILES string of the molecule is CC1(C)Oc2ccccc2C(N2C(=O)COc3ccccc32)C1O. The highest BCUT2D eigenvalue weighted by atomic mass is 16.5. The van der Waals surface area contributed by atoms with E-state index in [0.717, 1.165) is 5.56 Å². The lowest BCUT2D eigenvalue weighted by Crippen LogP contribution is -2.56. The van der Waals surface area contributed by atoms with Crippen molar-refractivity contribution in [2.75, 3.05) is 11.5 Å². The van der Waals surface area contributed by atoms with Crippen molar-refractivity contribution in [2.24, 2.45) is 0 Å². The molecule has 2 atom stereocenters. The first kappa shape index (κ1) is 15.0. The van der Waals surface area contributed by atoms with Gasteiger partial charge in [-0.3, -0.25) is 9.69 Å². The lowest BCUT2D eigenvalue weighted by molar-refractivity contribution is -0.124. The van der Waals surface area contributed by atoms with Gasteiger partial charge in [0.2, 0.25) is 0 Å². The van der Waals surface area contributed by atoms with Gasteiger partial charge < -0.3 is 14.6 Å². The van der Waals surface area contributed by atoms with Crippen molar-refractivity contribution in [3.05, 3.63) is 54.1 Å². The molecule has 1 N–H and O–H groups in total. The number of aliphatic hydroxyl groups excluding tert-OH is 1. The number of aliphatic hydroxyl groups is 1. The number of anilines is 1. The predicted molar refractivity (Wildman–Crippen MR) is 89.3 cm³/mol. The summed E-state index contributed by atoms with van der Waals surface area (Å²) < 4.78 is 11.5. The average molecular weight is 325 g/mol. The second kappa shape index (κ2) is 5.24. The molecular formula is C19H19NO4. The summed E-state index contributed by atoms with van der Waals surface area (Å²) in [5.74, 6) is 1.16. The molecule has 2 unspecified atom stereocenters. The zero-order valence-corrected chi connectivity index (χ0v) is 13.6. The molecule has 2 heterocycles. The number of carbonyl (C=O) groups is 1. The summed E-state index contributed by atoms with van der Waals surface area (Å²) in [5, 5.41) is 11.0. The van der Waals surface area contributed by atoms with Crippen LogP contribution in [0.3, 0.4) is 0 Å². The van der Waals surface area contributed by atoms with E-state index >= 15 is 0 Å². The molecule has 124 valence electrons. The van der Waals surface area contributed by atoms with Gasteiger partial charge in [-0.2, -0.15) is 0 Å². The summed E-state index contributed by atoms with van der Waals surface area (Å²) in [6.07, 6.45) is -0.873. The molecule has 1 amide bonds. The van der Waals surface area contributed by atoms with Gasteiger partial charge in [0.1, 0.15) is 23.2 Å². The molecule has 0 radical (unpaired) electrons. The molecule has 0 aliphatic carbocycles. The summed E-state index contributed by atoms with van der Waals surface area (Å²) in [6.45, 7) is 3.62. The van der Waals surface area contributed by atoms with Gasteiger partial charge in [0.15, 0.2) is 6.61 Å². The van der Waals surface area contributed by atoms with Crippen LogP contribution in [0.2, 0.25) is 0 Å². The number of amides is 1. The maximum Gasteiger partial charge on any atom is 0.265 e. The molecule has 2 aromatic carbocycles. The molecule has 5 heteroatoms. The van der Waals surface area contributed by atoms with Gasteiger partial charge in [-0.05, 0) is 32.0 Å². The van der Waals surface area contributed by atoms with E-state index in [2.05, 4.69) is 0 Å². The van der Waals surface area contributed by atoms with E-state index in [1.807, 2.05) is 62.4 Å². The van der Waals surface area contributed by atoms with E-state index in [1.165, 1.54) is 0 Å². The number of fused-ring (bicyclic) bond motifs is 2. The number of ether oxygens (including phenoxy) is 2. The minimum absolute atomic E-state index is 0.0380. The Labute approximate surface area is 140 Å². The molecule has 4 rings (SSSR count). The quantitative estimate of drug-likeness (QED) is 0.876. The summed E-state index contributed by atoms with van der Waals surface area (Å²) in [7, 11) is 0. The van der Waals surface area contributed by atoms with Crippen LogP contribution in [-0.2, 0) is 4.79 Å². The monoisotopic (exact) mass is 325 g/mol. The summed E-state index contributed by atoms with van der Waals surface area (Å²) in [5.41, 5.74) is 0.659. The van der Waals surface area contributed by atoms with Crippen LogP contribution in [0.1, 0.15) is 25.5 Å². The second-order valence-corrected chi connectivity index (χ2v) is 6.65. The van der Waals surface area contributed by atoms with Gasteiger partial charge in [0, 0.05) is 5.56 Å². The Morgan fingerprint density at radius 2 is 1.75 bits per heavy atom. The zero-order chi connectivity index (χ0) is 16.9. The highest BCUT2D eigenvalue weighted by Gasteiger charge is 2.48. The highest BCUT2D eigenvalue weighted by molar-refractivity contribution is 5.98. The van der Waals surface area contributed by atoms with Crippen LogP contribution in [0.15, 0.2) is 48.5 Å². The molecule has 2 aliphatic rings. The van der Waals surface area contributed by atoms with Gasteiger partial charge in [0.25, 0.3) is 5.91 Å². The van der Waals surface area contributed by atoms with Crippen molar-refractivity contribution in [3.63, 3.8) is 0 Å². The van der Waals surface area contributed by atoms with Crippen molar-refractivity contribution < 1.29 is 19.4 Å². The third kappa shape index (κ3) is 2.16. The standard InChI is InChI=1S/C19H19NO4/c1-19(2)18(22)17(12-7-3-5-9-14(12)24-19)20-13-8-4-6-10-15(13)23-11-16(20)21/h3-10,17-18,22H,11H2,1-2H3. The Kier molecular flexibility index (Phi) is 3.28. The fourth-order valence-corrected chi connectivity index (χ4v) is 3.42. The Morgan fingerprint density at radius 1 is 1.08 bits per heavy atom. The first-order valence-corrected chi connectivity index (χ1v) is 7.99. The Balaban J connectivity index is 1.90. The molecule has 0 fully saturated rings. The van der Waals surface area contributed by atoms with Crippen LogP contribution in [0.5, 0.6) is 11.5 Å². The van der Waals surface area contributed by atoms with Gasteiger partial charge in [-0.15, -0.1) is 0 Å². The zero-order valence-electron chi connectivity index (χ0n) is 13.6. The van der Waals surface area contributed by atoms with Crippen molar-refractivity contribution in [1.29, 1.82) is 0 Å². The Morgan fingerprint density at radius 3 is 2.54 bits per heavy atom. The number of para-hydroxylation sites is 3. The number of hydrogen-bond donors (Lipinski definition) is 1. The van der Waals surface area contributed by atoms with E-state index in [1.54, 1.807) is 4.90 Å². The molecule has 0 saturated carbocycles. The summed E-state index contributed by atoms with van der Waals surface area (Å²) in [4.78, 5) is 14.3. The normalized spacial score (nSPS) is 24.5. The molecule has 5 nitrogen and oxygen atoms in total. The van der Waals surface area contributed by atoms with E-state index in [0.29, 0.717) is 17.2 Å². The van der Waals surface area contributed by atoms with Crippen molar-refractivity contribution in [3.8, 4) is 11.5 Å². The molecule has 0 saturated heterocycles. The van der Waals surface area contributed by atoms with Crippen LogP contribution < -0.4 is 14.4 Å². The Hall–Kier alpha value is -2.53. The van der Waals surface area contributed by atoms with Crippen LogP contribution in [0, 0.1) is 0 Å². The molecule has 2 aliphatic heterocycles. The molecule has 0 aromatic heterocycles. The van der Waals surface area contributed by atoms with Gasteiger partial charge in [0.05, 0.1) is 11.7 Å². The fraction of sp³-hybridized carbons (Fsp3) is 0.316. The maximum atomic E-state index is 12.7. The number of rotatable bonds is 1. The predicted octanol–water partition coefficient (Wildman–Crippen LogP) is 2.69. The van der Waals surface area contributed by atoms with Crippen LogP contribution >= 0.6 is 0 Å². The van der Waals surface area contributed by atoms with Gasteiger partial charge >= 0.3 is 0 Å². The molecule has 0 spiro atoms. The third-order valence-corrected chi connectivity index (χ3v) is 4.64. The maximum absolute atomic E-state index is 12.7. The summed E-state index contributed by atoms with van der Waals surface area (Å²) >= 11 is 0. The van der Waals surface area contributed by atoms with Crippen molar-refractivity contribution >= 4 is 11.6 Å². The fourth-order valence-electron chi connectivity index (χ4n) is 3.42. The van der Waals surface area contributed by atoms with E-state index in [9.17, 15) is 9.90 Å². The van der Waals surface area contributed by atoms with Crippen molar-refractivity contribution in [1.82, 2.24) is 0 Å². The number of benzene rings is 2. The van der Waals surface area contributed by atoms with Gasteiger partial charge in [-0.25, -0.2) is 0 Å². The summed E-state index contributed by atoms with van der Waals surface area (Å²) in [6, 6.07) is 14.4. The minimum Gasteiger partial charge on any atom is -0.485 e. The van der Waals surface area contributed by atoms with Crippen molar-refractivity contribution in [2.45, 2.75) is 31.6 Å². The topological polar surface area (TPSA) is 59.0 Å². The number of hydrogen-bond acceptors (Lipinski definition) is 4. The molecule has 0 bridgehead atoms. The van der Waals surface area contributed by atoms with Gasteiger partial charge in [-0.1, -0.05) is 30.3 Å². The smallest absolute Gasteiger partial charge is 0.265 e. The lowest BCUT2D eigenvalue weighted by Gasteiger charge is -2.47. The number of nitrogens with zero attached hydrogens (tertiary/aromatic N) is 1. The van der Waals surface area contributed by atoms with E-state index in [4.69, 9.17) is 9.47 Å². The first-order valence-electron chi connectivity index (χ1n) is 7.99. The van der Waals surface area contributed by atoms with E-state index in [-0.39, 0.29) is 12.5 Å². The average Bonchev–Trinajstić information content (AvgIpc) is 2.57. The van der Waals surface area contributed by atoms with E-state index < -0.39 is 17.7 Å². The van der Waals surface area contributed by atoms with Crippen LogP contribution in [-0.4, -0.2) is 29.3 Å². The largest absolute Gasteiger partial charge is 0.485 e. The minimum atomic E-state index is -0.873.